The minimum atomic E-state index is -0.0421. The molecule has 0 amide bonds. The van der Waals surface area contributed by atoms with Crippen LogP contribution in [0.1, 0.15) is 19.8 Å². The molecule has 1 aromatic rings. The van der Waals surface area contributed by atoms with Crippen molar-refractivity contribution in [1.82, 2.24) is 0 Å². The van der Waals surface area contributed by atoms with E-state index in [0.717, 1.165) is 41.8 Å². The fourth-order valence-corrected chi connectivity index (χ4v) is 2.33. The molecule has 1 unspecified atom stereocenters. The number of nitrogens with two attached hydrogens (primary N) is 1. The van der Waals surface area contributed by atoms with Gasteiger partial charge in [-0.3, -0.25) is 0 Å². The van der Waals surface area contributed by atoms with Crippen molar-refractivity contribution < 1.29 is 4.74 Å². The second-order valence-electron chi connectivity index (χ2n) is 4.49. The zero-order valence-electron chi connectivity index (χ0n) is 9.42. The Kier molecular flexibility index (Phi) is 3.40. The third-order valence-electron chi connectivity index (χ3n) is 2.97. The van der Waals surface area contributed by atoms with E-state index in [1.165, 1.54) is 0 Å². The van der Waals surface area contributed by atoms with Gasteiger partial charge in [0.25, 0.3) is 0 Å². The molecule has 0 saturated carbocycles. The molecule has 0 aliphatic carbocycles. The zero-order chi connectivity index (χ0) is 11.6. The molecule has 1 fully saturated rings. The number of rotatable bonds is 3. The topological polar surface area (TPSA) is 47.3 Å². The monoisotopic (exact) mass is 284 g/mol. The number of ether oxygens (including phenoxy) is 1. The van der Waals surface area contributed by atoms with E-state index in [4.69, 9.17) is 10.5 Å². The van der Waals surface area contributed by atoms with Crippen molar-refractivity contribution in [2.45, 2.75) is 25.4 Å². The predicted molar refractivity (Wildman–Crippen MR) is 70.6 cm³/mol. The van der Waals surface area contributed by atoms with Crippen LogP contribution in [0.4, 0.5) is 11.4 Å². The maximum atomic E-state index is 5.92. The van der Waals surface area contributed by atoms with Crippen LogP contribution in [0.25, 0.3) is 0 Å². The molecule has 0 bridgehead atoms. The van der Waals surface area contributed by atoms with Crippen LogP contribution < -0.4 is 11.1 Å². The van der Waals surface area contributed by atoms with Crippen LogP contribution in [0.3, 0.4) is 0 Å². The van der Waals surface area contributed by atoms with E-state index in [1.807, 2.05) is 18.2 Å². The molecule has 1 atom stereocenters. The molecular weight excluding hydrogens is 268 g/mol. The number of benzene rings is 1. The molecule has 0 spiro atoms. The summed E-state index contributed by atoms with van der Waals surface area (Å²) in [5, 5.41) is 3.35. The number of nitrogen functional groups attached to an aromatic ring is 1. The van der Waals surface area contributed by atoms with Crippen molar-refractivity contribution in [2.75, 3.05) is 24.2 Å². The van der Waals surface area contributed by atoms with Gasteiger partial charge in [0.05, 0.1) is 17.0 Å². The van der Waals surface area contributed by atoms with Gasteiger partial charge in [0, 0.05) is 17.6 Å². The van der Waals surface area contributed by atoms with Crippen LogP contribution in [0.2, 0.25) is 0 Å². The fourth-order valence-electron chi connectivity index (χ4n) is 1.95. The van der Waals surface area contributed by atoms with Gasteiger partial charge >= 0.3 is 0 Å². The number of hydrogen-bond acceptors (Lipinski definition) is 3. The van der Waals surface area contributed by atoms with Gasteiger partial charge in [-0.2, -0.15) is 0 Å². The van der Waals surface area contributed by atoms with E-state index in [-0.39, 0.29) is 5.60 Å². The van der Waals surface area contributed by atoms with E-state index in [9.17, 15) is 0 Å². The minimum absolute atomic E-state index is 0.0421. The Morgan fingerprint density at radius 1 is 1.56 bits per heavy atom. The Hall–Kier alpha value is -0.740. The van der Waals surface area contributed by atoms with Gasteiger partial charge in [0.15, 0.2) is 0 Å². The van der Waals surface area contributed by atoms with E-state index in [0.29, 0.717) is 0 Å². The van der Waals surface area contributed by atoms with Crippen molar-refractivity contribution in [1.29, 1.82) is 0 Å². The Morgan fingerprint density at radius 2 is 2.38 bits per heavy atom. The first-order valence-electron chi connectivity index (χ1n) is 5.52. The predicted octanol–water partition coefficient (Wildman–Crippen LogP) is 3.01. The summed E-state index contributed by atoms with van der Waals surface area (Å²) in [5.74, 6) is 0. The zero-order valence-corrected chi connectivity index (χ0v) is 11.0. The third kappa shape index (κ3) is 2.68. The normalized spacial score (nSPS) is 24.6. The summed E-state index contributed by atoms with van der Waals surface area (Å²) in [6, 6.07) is 5.87. The smallest absolute Gasteiger partial charge is 0.0826 e. The second-order valence-corrected chi connectivity index (χ2v) is 5.40. The lowest BCUT2D eigenvalue weighted by molar-refractivity contribution is 0.0315. The van der Waals surface area contributed by atoms with Crippen molar-refractivity contribution >= 4 is 27.3 Å². The van der Waals surface area contributed by atoms with Crippen LogP contribution in [0, 0.1) is 0 Å². The molecule has 1 aliphatic rings. The van der Waals surface area contributed by atoms with Gasteiger partial charge in [-0.05, 0) is 38.0 Å². The second kappa shape index (κ2) is 4.63. The van der Waals surface area contributed by atoms with Gasteiger partial charge in [0.2, 0.25) is 0 Å². The molecular formula is C12H17BrN2O. The highest BCUT2D eigenvalue weighted by Gasteiger charge is 2.29. The lowest BCUT2D eigenvalue weighted by Crippen LogP contribution is -2.32. The summed E-state index contributed by atoms with van der Waals surface area (Å²) in [6.45, 7) is 3.81. The minimum Gasteiger partial charge on any atom is -0.397 e. The largest absolute Gasteiger partial charge is 0.397 e. The van der Waals surface area contributed by atoms with E-state index < -0.39 is 0 Å². The molecule has 4 heteroatoms. The molecule has 16 heavy (non-hydrogen) atoms. The molecule has 0 radical (unpaired) electrons. The van der Waals surface area contributed by atoms with Gasteiger partial charge in [-0.1, -0.05) is 15.9 Å². The molecule has 88 valence electrons. The molecule has 1 aromatic carbocycles. The molecule has 3 N–H and O–H groups in total. The molecule has 3 nitrogen and oxygen atoms in total. The summed E-state index contributed by atoms with van der Waals surface area (Å²) < 4.78 is 6.71. The first kappa shape index (κ1) is 11.7. The SMILES string of the molecule is CC1(CNc2ccc(Br)cc2N)CCCO1. The third-order valence-corrected chi connectivity index (χ3v) is 3.46. The van der Waals surface area contributed by atoms with Crippen molar-refractivity contribution in [3.8, 4) is 0 Å². The van der Waals surface area contributed by atoms with E-state index >= 15 is 0 Å². The number of hydrogen-bond donors (Lipinski definition) is 2. The molecule has 0 aromatic heterocycles. The average Bonchev–Trinajstić information content (AvgIpc) is 2.64. The van der Waals surface area contributed by atoms with Crippen molar-refractivity contribution in [2.24, 2.45) is 0 Å². The van der Waals surface area contributed by atoms with E-state index in [2.05, 4.69) is 28.2 Å². The van der Waals surface area contributed by atoms with Gasteiger partial charge < -0.3 is 15.8 Å². The molecule has 1 saturated heterocycles. The van der Waals surface area contributed by atoms with Gasteiger partial charge in [-0.25, -0.2) is 0 Å². The summed E-state index contributed by atoms with van der Waals surface area (Å²) >= 11 is 3.39. The van der Waals surface area contributed by atoms with E-state index in [1.54, 1.807) is 0 Å². The van der Waals surface area contributed by atoms with Gasteiger partial charge in [0.1, 0.15) is 0 Å². The number of anilines is 2. The molecule has 1 aliphatic heterocycles. The van der Waals surface area contributed by atoms with Crippen LogP contribution in [0.5, 0.6) is 0 Å². The number of nitrogens with one attached hydrogen (secondary N) is 1. The van der Waals surface area contributed by atoms with Crippen molar-refractivity contribution in [3.05, 3.63) is 22.7 Å². The average molecular weight is 285 g/mol. The summed E-state index contributed by atoms with van der Waals surface area (Å²) in [7, 11) is 0. The Morgan fingerprint density at radius 3 is 3.00 bits per heavy atom. The van der Waals surface area contributed by atoms with Crippen LogP contribution >= 0.6 is 15.9 Å². The highest BCUT2D eigenvalue weighted by molar-refractivity contribution is 9.10. The Bertz CT molecular complexity index is 375. The maximum absolute atomic E-state index is 5.92. The summed E-state index contributed by atoms with van der Waals surface area (Å²) in [4.78, 5) is 0. The molecule has 1 heterocycles. The first-order chi connectivity index (χ1) is 7.59. The highest BCUT2D eigenvalue weighted by Crippen LogP contribution is 2.28. The van der Waals surface area contributed by atoms with Gasteiger partial charge in [-0.15, -0.1) is 0 Å². The maximum Gasteiger partial charge on any atom is 0.0826 e. The summed E-state index contributed by atoms with van der Waals surface area (Å²) in [6.07, 6.45) is 2.25. The molecule has 2 rings (SSSR count). The standard InChI is InChI=1S/C12H17BrN2O/c1-12(5-2-6-16-12)8-15-11-4-3-9(13)7-10(11)14/h3-4,7,15H,2,5-6,8,14H2,1H3. The first-order valence-corrected chi connectivity index (χ1v) is 6.31. The van der Waals surface area contributed by atoms with Crippen molar-refractivity contribution in [3.63, 3.8) is 0 Å². The Labute approximate surface area is 104 Å². The number of halogens is 1. The summed E-state index contributed by atoms with van der Waals surface area (Å²) in [5.41, 5.74) is 7.61. The quantitative estimate of drug-likeness (QED) is 0.839. The van der Waals surface area contributed by atoms with Crippen LogP contribution in [-0.4, -0.2) is 18.8 Å². The van der Waals surface area contributed by atoms with Crippen LogP contribution in [0.15, 0.2) is 22.7 Å². The fraction of sp³-hybridized carbons (Fsp3) is 0.500. The Balaban J connectivity index is 1.99. The lowest BCUT2D eigenvalue weighted by atomic mass is 10.0. The highest BCUT2D eigenvalue weighted by atomic mass is 79.9. The van der Waals surface area contributed by atoms with Crippen LogP contribution in [-0.2, 0) is 4.74 Å². The lowest BCUT2D eigenvalue weighted by Gasteiger charge is -2.24.